The molecule has 150 valence electrons. The van der Waals surface area contributed by atoms with Crippen molar-refractivity contribution in [3.63, 3.8) is 0 Å². The third-order valence-electron chi connectivity index (χ3n) is 5.80. The Hall–Kier alpha value is -2.68. The summed E-state index contributed by atoms with van der Waals surface area (Å²) in [5.41, 5.74) is -0.623. The number of carbonyl (C=O) groups is 2. The lowest BCUT2D eigenvalue weighted by Gasteiger charge is -2.42. The second-order valence-corrected chi connectivity index (χ2v) is 7.61. The van der Waals surface area contributed by atoms with Gasteiger partial charge in [-0.3, -0.25) is 14.3 Å². The van der Waals surface area contributed by atoms with Gasteiger partial charge in [0.1, 0.15) is 11.3 Å². The van der Waals surface area contributed by atoms with Crippen molar-refractivity contribution >= 4 is 17.6 Å². The lowest BCUT2D eigenvalue weighted by Crippen LogP contribution is -2.57. The van der Waals surface area contributed by atoms with Gasteiger partial charge in [-0.25, -0.2) is 0 Å². The van der Waals surface area contributed by atoms with Crippen molar-refractivity contribution < 1.29 is 14.1 Å². The maximum absolute atomic E-state index is 13.5. The van der Waals surface area contributed by atoms with Crippen molar-refractivity contribution in [1.29, 1.82) is 0 Å². The topological polar surface area (TPSA) is 105 Å². The molecule has 0 aromatic carbocycles. The minimum atomic E-state index is -0.623. The van der Waals surface area contributed by atoms with Crippen LogP contribution in [0, 0.1) is 12.8 Å². The summed E-state index contributed by atoms with van der Waals surface area (Å²) in [6.07, 6.45) is 6.32. The zero-order chi connectivity index (χ0) is 19.6. The van der Waals surface area contributed by atoms with Gasteiger partial charge >= 0.3 is 0 Å². The van der Waals surface area contributed by atoms with E-state index in [1.807, 2.05) is 21.8 Å². The van der Waals surface area contributed by atoms with E-state index >= 15 is 0 Å². The van der Waals surface area contributed by atoms with E-state index in [2.05, 4.69) is 20.9 Å². The summed E-state index contributed by atoms with van der Waals surface area (Å²) in [6, 6.07) is 3.56. The van der Waals surface area contributed by atoms with Crippen LogP contribution < -0.4 is 10.6 Å². The maximum Gasteiger partial charge on any atom is 0.250 e. The van der Waals surface area contributed by atoms with Crippen LogP contribution in [0.15, 0.2) is 29.0 Å². The maximum atomic E-state index is 13.5. The minimum Gasteiger partial charge on any atom is -0.360 e. The number of rotatable bonds is 4. The van der Waals surface area contributed by atoms with Crippen molar-refractivity contribution in [3.8, 4) is 0 Å². The second kappa shape index (κ2) is 7.75. The van der Waals surface area contributed by atoms with Crippen molar-refractivity contribution in [2.75, 3.05) is 31.5 Å². The van der Waals surface area contributed by atoms with E-state index in [0.29, 0.717) is 37.5 Å². The third-order valence-corrected chi connectivity index (χ3v) is 5.80. The number of aromatic nitrogens is 3. The molecular formula is C19H26N6O3. The number of amides is 2. The van der Waals surface area contributed by atoms with Crippen LogP contribution in [0.4, 0.5) is 5.82 Å². The average Bonchev–Trinajstić information content (AvgIpc) is 3.40. The standard InChI is InChI=1S/C19H26N6O3/c1-14-13-16(23-28-14)22-17(26)15-3-11-24(12-4-15)18(27)19(5-8-20-9-6-19)25-10-2-7-21-25/h2,7,10,13,15,20H,3-6,8-9,11-12H2,1H3,(H,22,23,26). The number of aryl methyl sites for hydroxylation is 1. The first-order chi connectivity index (χ1) is 13.6. The molecule has 0 aliphatic carbocycles. The van der Waals surface area contributed by atoms with Gasteiger partial charge in [0.15, 0.2) is 5.82 Å². The molecule has 9 heteroatoms. The van der Waals surface area contributed by atoms with Crippen LogP contribution in [0.5, 0.6) is 0 Å². The first kappa shape index (κ1) is 18.7. The van der Waals surface area contributed by atoms with Gasteiger partial charge < -0.3 is 20.1 Å². The fourth-order valence-corrected chi connectivity index (χ4v) is 4.20. The summed E-state index contributed by atoms with van der Waals surface area (Å²) >= 11 is 0. The summed E-state index contributed by atoms with van der Waals surface area (Å²) < 4.78 is 6.81. The first-order valence-corrected chi connectivity index (χ1v) is 9.83. The number of carbonyl (C=O) groups excluding carboxylic acids is 2. The Morgan fingerprint density at radius 3 is 2.64 bits per heavy atom. The van der Waals surface area contributed by atoms with Gasteiger partial charge in [-0.05, 0) is 51.8 Å². The molecule has 0 radical (unpaired) electrons. The minimum absolute atomic E-state index is 0.0657. The Labute approximate surface area is 163 Å². The van der Waals surface area contributed by atoms with Gasteiger partial charge in [0.2, 0.25) is 5.91 Å². The van der Waals surface area contributed by atoms with Crippen LogP contribution in [-0.2, 0) is 15.1 Å². The average molecular weight is 386 g/mol. The Morgan fingerprint density at radius 2 is 2.04 bits per heavy atom. The fraction of sp³-hybridized carbons (Fsp3) is 0.579. The number of likely N-dealkylation sites (tertiary alicyclic amines) is 1. The summed E-state index contributed by atoms with van der Waals surface area (Å²) in [4.78, 5) is 27.8. The molecule has 2 N–H and O–H groups in total. The Bertz CT molecular complexity index is 817. The summed E-state index contributed by atoms with van der Waals surface area (Å²) in [5, 5.41) is 14.3. The highest BCUT2D eigenvalue weighted by atomic mass is 16.5. The molecule has 2 aliphatic heterocycles. The summed E-state index contributed by atoms with van der Waals surface area (Å²) in [5.74, 6) is 1.01. The van der Waals surface area contributed by atoms with Gasteiger partial charge in [-0.15, -0.1) is 0 Å². The molecule has 0 bridgehead atoms. The number of nitrogens with one attached hydrogen (secondary N) is 2. The Balaban J connectivity index is 1.39. The van der Waals surface area contributed by atoms with E-state index in [0.717, 1.165) is 25.9 Å². The second-order valence-electron chi connectivity index (χ2n) is 7.61. The van der Waals surface area contributed by atoms with Crippen molar-refractivity contribution in [2.45, 2.75) is 38.1 Å². The van der Waals surface area contributed by atoms with Crippen LogP contribution in [0.25, 0.3) is 0 Å². The van der Waals surface area contributed by atoms with E-state index in [-0.39, 0.29) is 17.7 Å². The molecule has 2 aromatic heterocycles. The van der Waals surface area contributed by atoms with E-state index in [9.17, 15) is 9.59 Å². The SMILES string of the molecule is Cc1cc(NC(=O)C2CCN(C(=O)C3(n4cccn4)CCNCC3)CC2)no1. The molecule has 0 saturated carbocycles. The molecular weight excluding hydrogens is 360 g/mol. The van der Waals surface area contributed by atoms with Crippen LogP contribution in [0.3, 0.4) is 0 Å². The van der Waals surface area contributed by atoms with Gasteiger partial charge in [-0.1, -0.05) is 5.16 Å². The van der Waals surface area contributed by atoms with Crippen LogP contribution in [-0.4, -0.2) is 57.8 Å². The summed E-state index contributed by atoms with van der Waals surface area (Å²) in [6.45, 7) is 4.52. The highest BCUT2D eigenvalue weighted by Crippen LogP contribution is 2.31. The molecule has 28 heavy (non-hydrogen) atoms. The van der Waals surface area contributed by atoms with Crippen molar-refractivity contribution in [1.82, 2.24) is 25.2 Å². The molecule has 2 amide bonds. The smallest absolute Gasteiger partial charge is 0.250 e. The number of hydrogen-bond acceptors (Lipinski definition) is 6. The predicted octanol–water partition coefficient (Wildman–Crippen LogP) is 1.14. The Morgan fingerprint density at radius 1 is 1.29 bits per heavy atom. The zero-order valence-corrected chi connectivity index (χ0v) is 16.1. The van der Waals surface area contributed by atoms with Crippen LogP contribution in [0.2, 0.25) is 0 Å². The van der Waals surface area contributed by atoms with Crippen molar-refractivity contribution in [3.05, 3.63) is 30.3 Å². The van der Waals surface area contributed by atoms with Gasteiger partial charge in [0.25, 0.3) is 5.91 Å². The predicted molar refractivity (Wildman–Crippen MR) is 101 cm³/mol. The van der Waals surface area contributed by atoms with E-state index in [1.165, 1.54) is 0 Å². The molecule has 9 nitrogen and oxygen atoms in total. The zero-order valence-electron chi connectivity index (χ0n) is 16.1. The molecule has 4 heterocycles. The summed E-state index contributed by atoms with van der Waals surface area (Å²) in [7, 11) is 0. The van der Waals surface area contributed by atoms with E-state index < -0.39 is 5.54 Å². The van der Waals surface area contributed by atoms with Gasteiger partial charge in [-0.2, -0.15) is 5.10 Å². The molecule has 2 saturated heterocycles. The Kier molecular flexibility index (Phi) is 5.17. The van der Waals surface area contributed by atoms with Gasteiger partial charge in [0, 0.05) is 37.5 Å². The molecule has 0 unspecified atom stereocenters. The normalized spacial score (nSPS) is 20.1. The van der Waals surface area contributed by atoms with Crippen LogP contribution in [0.1, 0.15) is 31.4 Å². The first-order valence-electron chi connectivity index (χ1n) is 9.83. The molecule has 0 atom stereocenters. The lowest BCUT2D eigenvalue weighted by molar-refractivity contribution is -0.145. The quantitative estimate of drug-likeness (QED) is 0.816. The van der Waals surface area contributed by atoms with Gasteiger partial charge in [0.05, 0.1) is 0 Å². The van der Waals surface area contributed by atoms with E-state index in [1.54, 1.807) is 19.2 Å². The lowest BCUT2D eigenvalue weighted by atomic mass is 9.85. The molecule has 2 fully saturated rings. The third kappa shape index (κ3) is 3.54. The number of nitrogens with zero attached hydrogens (tertiary/aromatic N) is 4. The van der Waals surface area contributed by atoms with Crippen LogP contribution >= 0.6 is 0 Å². The fourth-order valence-electron chi connectivity index (χ4n) is 4.20. The number of piperidine rings is 2. The molecule has 4 rings (SSSR count). The number of hydrogen-bond donors (Lipinski definition) is 2. The largest absolute Gasteiger partial charge is 0.360 e. The highest BCUT2D eigenvalue weighted by Gasteiger charge is 2.45. The van der Waals surface area contributed by atoms with E-state index in [4.69, 9.17) is 4.52 Å². The monoisotopic (exact) mass is 386 g/mol. The molecule has 2 aliphatic rings. The molecule has 2 aromatic rings. The molecule has 0 spiro atoms. The highest BCUT2D eigenvalue weighted by molar-refractivity contribution is 5.92. The number of anilines is 1. The van der Waals surface area contributed by atoms with Crippen molar-refractivity contribution in [2.24, 2.45) is 5.92 Å².